The van der Waals surface area contributed by atoms with Gasteiger partial charge in [-0.1, -0.05) is 0 Å². The first-order valence-electron chi connectivity index (χ1n) is 12.9. The summed E-state index contributed by atoms with van der Waals surface area (Å²) in [6.45, 7) is 3.51. The van der Waals surface area contributed by atoms with Gasteiger partial charge in [-0.15, -0.1) is 0 Å². The quantitative estimate of drug-likeness (QED) is 0.248. The Balaban J connectivity index is 1.70. The van der Waals surface area contributed by atoms with Gasteiger partial charge in [0.2, 0.25) is 5.91 Å². The molecule has 0 fully saturated rings. The van der Waals surface area contributed by atoms with E-state index in [1.165, 1.54) is 11.0 Å². The van der Waals surface area contributed by atoms with Crippen LogP contribution in [0.1, 0.15) is 35.5 Å². The topological polar surface area (TPSA) is 96.6 Å². The van der Waals surface area contributed by atoms with Crippen LogP contribution in [0.25, 0.3) is 10.9 Å². The number of hydrogen-bond acceptors (Lipinski definition) is 7. The van der Waals surface area contributed by atoms with Gasteiger partial charge in [0.15, 0.2) is 0 Å². The molecule has 216 valence electrons. The molecule has 11 heteroatoms. The Labute approximate surface area is 236 Å². The number of carbonyl (C=O) groups excluding carboxylic acids is 1. The third-order valence-electron chi connectivity index (χ3n) is 6.83. The van der Waals surface area contributed by atoms with Crippen LogP contribution >= 0.6 is 0 Å². The van der Waals surface area contributed by atoms with E-state index in [9.17, 15) is 18.0 Å². The lowest BCUT2D eigenvalue weighted by molar-refractivity contribution is -0.137. The fraction of sp³-hybridized carbons (Fsp3) is 0.300. The molecule has 1 atom stereocenters. The SMILES string of the molecule is COc1ccc(N(C)c2ccc3nc(C)nc(N[C@H](C)c4cc(N)cc(C(F)(F)F)c4)c3c2)cc1CC(=O)N(C)C. The van der Waals surface area contributed by atoms with Crippen LogP contribution in [-0.2, 0) is 17.4 Å². The molecule has 4 aromatic rings. The molecule has 3 aromatic carbocycles. The van der Waals surface area contributed by atoms with E-state index in [-0.39, 0.29) is 18.0 Å². The molecule has 3 N–H and O–H groups in total. The molecule has 0 unspecified atom stereocenters. The summed E-state index contributed by atoms with van der Waals surface area (Å²) in [5, 5.41) is 3.96. The molecular formula is C30H33F3N6O2. The van der Waals surface area contributed by atoms with Crippen molar-refractivity contribution in [3.05, 3.63) is 77.1 Å². The summed E-state index contributed by atoms with van der Waals surface area (Å²) in [5.74, 6) is 1.57. The van der Waals surface area contributed by atoms with Gasteiger partial charge in [-0.25, -0.2) is 9.97 Å². The third kappa shape index (κ3) is 6.62. The number of carbonyl (C=O) groups is 1. The van der Waals surface area contributed by atoms with E-state index >= 15 is 0 Å². The Hall–Kier alpha value is -4.54. The normalized spacial score (nSPS) is 12.2. The highest BCUT2D eigenvalue weighted by Gasteiger charge is 2.31. The second kappa shape index (κ2) is 11.5. The first kappa shape index (κ1) is 29.4. The molecule has 0 spiro atoms. The second-order valence-electron chi connectivity index (χ2n) is 10.1. The maximum absolute atomic E-state index is 13.4. The van der Waals surface area contributed by atoms with Gasteiger partial charge >= 0.3 is 6.18 Å². The number of aryl methyl sites for hydroxylation is 1. The number of aromatic nitrogens is 2. The highest BCUT2D eigenvalue weighted by Crippen LogP contribution is 2.35. The van der Waals surface area contributed by atoms with Crippen LogP contribution in [0.4, 0.5) is 36.1 Å². The van der Waals surface area contributed by atoms with Gasteiger partial charge in [0.1, 0.15) is 17.4 Å². The number of ether oxygens (including phenoxy) is 1. The Kier molecular flexibility index (Phi) is 8.27. The van der Waals surface area contributed by atoms with Crippen LogP contribution < -0.4 is 20.7 Å². The number of nitrogens with zero attached hydrogens (tertiary/aromatic N) is 4. The molecule has 8 nitrogen and oxygen atoms in total. The van der Waals surface area contributed by atoms with Gasteiger partial charge in [-0.2, -0.15) is 13.2 Å². The highest BCUT2D eigenvalue weighted by molar-refractivity contribution is 5.92. The highest BCUT2D eigenvalue weighted by atomic mass is 19.4. The summed E-state index contributed by atoms with van der Waals surface area (Å²) in [4.78, 5) is 25.0. The number of likely N-dealkylation sites (N-methyl/N-ethyl adjacent to an activating group) is 1. The first-order chi connectivity index (χ1) is 19.3. The minimum Gasteiger partial charge on any atom is -0.496 e. The molecular weight excluding hydrogens is 533 g/mol. The van der Waals surface area contributed by atoms with Crippen LogP contribution in [0.2, 0.25) is 0 Å². The maximum Gasteiger partial charge on any atom is 0.416 e. The van der Waals surface area contributed by atoms with Crippen LogP contribution in [-0.4, -0.2) is 49.0 Å². The summed E-state index contributed by atoms with van der Waals surface area (Å²) >= 11 is 0. The van der Waals surface area contributed by atoms with E-state index < -0.39 is 17.8 Å². The van der Waals surface area contributed by atoms with Crippen molar-refractivity contribution in [3.8, 4) is 5.75 Å². The van der Waals surface area contributed by atoms with Crippen LogP contribution in [0.15, 0.2) is 54.6 Å². The molecule has 0 aliphatic heterocycles. The second-order valence-corrected chi connectivity index (χ2v) is 10.1. The van der Waals surface area contributed by atoms with Gasteiger partial charge in [0.25, 0.3) is 0 Å². The Morgan fingerprint density at radius 2 is 1.71 bits per heavy atom. The minimum atomic E-state index is -4.51. The zero-order chi connectivity index (χ0) is 30.1. The zero-order valence-corrected chi connectivity index (χ0v) is 23.8. The predicted octanol–water partition coefficient (Wildman–Crippen LogP) is 6.12. The molecule has 4 rings (SSSR count). The van der Waals surface area contributed by atoms with Crippen molar-refractivity contribution in [2.75, 3.05) is 44.2 Å². The van der Waals surface area contributed by atoms with Gasteiger partial charge in [0, 0.05) is 49.2 Å². The number of alkyl halides is 3. The fourth-order valence-corrected chi connectivity index (χ4v) is 4.51. The molecule has 0 saturated heterocycles. The summed E-state index contributed by atoms with van der Waals surface area (Å²) in [6, 6.07) is 14.3. The maximum atomic E-state index is 13.4. The van der Waals surface area contributed by atoms with E-state index in [0.29, 0.717) is 33.9 Å². The average Bonchev–Trinajstić information content (AvgIpc) is 2.91. The van der Waals surface area contributed by atoms with Gasteiger partial charge in [-0.3, -0.25) is 4.79 Å². The molecule has 0 saturated carbocycles. The molecule has 41 heavy (non-hydrogen) atoms. The van der Waals surface area contributed by atoms with Gasteiger partial charge in [0.05, 0.1) is 30.7 Å². The van der Waals surface area contributed by atoms with E-state index in [0.717, 1.165) is 29.1 Å². The number of rotatable bonds is 8. The number of methoxy groups -OCH3 is 1. The Morgan fingerprint density at radius 1 is 1.02 bits per heavy atom. The minimum absolute atomic E-state index is 0.0299. The van der Waals surface area contributed by atoms with E-state index in [2.05, 4.69) is 15.3 Å². The van der Waals surface area contributed by atoms with Gasteiger partial charge < -0.3 is 25.6 Å². The molecule has 1 aromatic heterocycles. The molecule has 0 bridgehead atoms. The number of nitrogens with two attached hydrogens (primary N) is 1. The lowest BCUT2D eigenvalue weighted by Crippen LogP contribution is -2.23. The fourth-order valence-electron chi connectivity index (χ4n) is 4.51. The number of anilines is 4. The van der Waals surface area contributed by atoms with Crippen molar-refractivity contribution < 1.29 is 22.7 Å². The smallest absolute Gasteiger partial charge is 0.416 e. The lowest BCUT2D eigenvalue weighted by Gasteiger charge is -2.23. The van der Waals surface area contributed by atoms with E-state index in [1.54, 1.807) is 35.1 Å². The van der Waals surface area contributed by atoms with Crippen LogP contribution in [0.5, 0.6) is 5.75 Å². The number of hydrogen-bond donors (Lipinski definition) is 2. The number of amides is 1. The first-order valence-corrected chi connectivity index (χ1v) is 12.9. The zero-order valence-electron chi connectivity index (χ0n) is 23.8. The van der Waals surface area contributed by atoms with Crippen molar-refractivity contribution in [2.24, 2.45) is 0 Å². The van der Waals surface area contributed by atoms with E-state index in [1.807, 2.05) is 48.3 Å². The van der Waals surface area contributed by atoms with Crippen molar-refractivity contribution in [1.82, 2.24) is 14.9 Å². The average molecular weight is 567 g/mol. The largest absolute Gasteiger partial charge is 0.496 e. The van der Waals surface area contributed by atoms with Crippen molar-refractivity contribution in [3.63, 3.8) is 0 Å². The monoisotopic (exact) mass is 566 g/mol. The molecule has 0 aliphatic carbocycles. The van der Waals surface area contributed by atoms with Crippen LogP contribution in [0.3, 0.4) is 0 Å². The van der Waals surface area contributed by atoms with Gasteiger partial charge in [-0.05, 0) is 74.0 Å². The van der Waals surface area contributed by atoms with Crippen molar-refractivity contribution in [2.45, 2.75) is 32.5 Å². The summed E-state index contributed by atoms with van der Waals surface area (Å²) < 4.78 is 45.7. The molecule has 1 amide bonds. The predicted molar refractivity (Wildman–Crippen MR) is 156 cm³/mol. The van der Waals surface area contributed by atoms with Crippen molar-refractivity contribution in [1.29, 1.82) is 0 Å². The lowest BCUT2D eigenvalue weighted by atomic mass is 10.0. The number of halogens is 3. The molecule has 1 heterocycles. The van der Waals surface area contributed by atoms with Crippen molar-refractivity contribution >= 4 is 39.7 Å². The number of nitrogen functional groups attached to an aromatic ring is 1. The number of fused-ring (bicyclic) bond motifs is 1. The molecule has 0 radical (unpaired) electrons. The number of nitrogens with one attached hydrogen (secondary N) is 1. The Morgan fingerprint density at radius 3 is 2.37 bits per heavy atom. The molecule has 0 aliphatic rings. The Bertz CT molecular complexity index is 1590. The third-order valence-corrected chi connectivity index (χ3v) is 6.83. The number of benzene rings is 3. The van der Waals surface area contributed by atoms with Crippen LogP contribution in [0, 0.1) is 6.92 Å². The summed E-state index contributed by atoms with van der Waals surface area (Å²) in [5.41, 5.74) is 8.49. The summed E-state index contributed by atoms with van der Waals surface area (Å²) in [7, 11) is 6.88. The standard InChI is InChI=1S/C30H33F3N6O2/c1-17(19-11-21(30(31,32)33)15-22(34)12-19)35-29-25-16-24(7-9-26(25)36-18(2)37-29)39(5)23-8-10-27(41-6)20(13-23)14-28(40)38(3)4/h7-13,15-17H,14,34H2,1-6H3,(H,35,36,37)/t17-/m1/s1. The summed E-state index contributed by atoms with van der Waals surface area (Å²) in [6.07, 6.45) is -4.32. The van der Waals surface area contributed by atoms with E-state index in [4.69, 9.17) is 10.5 Å².